The fourth-order valence-corrected chi connectivity index (χ4v) is 3.25. The van der Waals surface area contributed by atoms with E-state index >= 15 is 0 Å². The van der Waals surface area contributed by atoms with Gasteiger partial charge in [0.05, 0.1) is 19.8 Å². The lowest BCUT2D eigenvalue weighted by Crippen LogP contribution is -2.41. The van der Waals surface area contributed by atoms with Crippen LogP contribution in [0.25, 0.3) is 0 Å². The normalized spacial score (nSPS) is 20.1. The Kier molecular flexibility index (Phi) is 5.88. The van der Waals surface area contributed by atoms with E-state index in [0.29, 0.717) is 6.54 Å². The Morgan fingerprint density at radius 1 is 0.957 bits per heavy atom. The molecule has 2 aliphatic heterocycles. The number of amides is 1. The highest BCUT2D eigenvalue weighted by molar-refractivity contribution is 5.92. The SMILES string of the molecule is O=C(CN1CCOCC1)Nc1ccc(N2CCCCCC2)cc1. The number of anilines is 2. The van der Waals surface area contributed by atoms with E-state index in [1.165, 1.54) is 31.4 Å². The van der Waals surface area contributed by atoms with Crippen molar-refractivity contribution in [3.63, 3.8) is 0 Å². The van der Waals surface area contributed by atoms with Crippen LogP contribution in [-0.4, -0.2) is 56.7 Å². The van der Waals surface area contributed by atoms with Gasteiger partial charge in [-0.3, -0.25) is 9.69 Å². The lowest BCUT2D eigenvalue weighted by atomic mass is 10.2. The standard InChI is InChI=1S/C18H27N3O2/c22-18(15-20-11-13-23-14-12-20)19-16-5-7-17(8-6-16)21-9-3-1-2-4-10-21/h5-8H,1-4,9-15H2,(H,19,22). The summed E-state index contributed by atoms with van der Waals surface area (Å²) < 4.78 is 5.30. The van der Waals surface area contributed by atoms with Gasteiger partial charge in [-0.05, 0) is 37.1 Å². The minimum Gasteiger partial charge on any atom is -0.379 e. The van der Waals surface area contributed by atoms with E-state index in [1.54, 1.807) is 0 Å². The Morgan fingerprint density at radius 3 is 2.26 bits per heavy atom. The second-order valence-electron chi connectivity index (χ2n) is 6.38. The second-order valence-corrected chi connectivity index (χ2v) is 6.38. The van der Waals surface area contributed by atoms with E-state index in [1.807, 2.05) is 12.1 Å². The third-order valence-electron chi connectivity index (χ3n) is 4.59. The molecule has 126 valence electrons. The van der Waals surface area contributed by atoms with Crippen molar-refractivity contribution in [3.05, 3.63) is 24.3 Å². The quantitative estimate of drug-likeness (QED) is 0.926. The van der Waals surface area contributed by atoms with Gasteiger partial charge in [-0.2, -0.15) is 0 Å². The minimum absolute atomic E-state index is 0.0504. The predicted molar refractivity (Wildman–Crippen MR) is 93.0 cm³/mol. The van der Waals surface area contributed by atoms with Crippen molar-refractivity contribution in [2.45, 2.75) is 25.7 Å². The third-order valence-corrected chi connectivity index (χ3v) is 4.59. The van der Waals surface area contributed by atoms with Crippen molar-refractivity contribution in [1.29, 1.82) is 0 Å². The second kappa shape index (κ2) is 8.31. The molecule has 0 unspecified atom stereocenters. The first-order valence-corrected chi connectivity index (χ1v) is 8.76. The summed E-state index contributed by atoms with van der Waals surface area (Å²) in [7, 11) is 0. The molecule has 0 bridgehead atoms. The smallest absolute Gasteiger partial charge is 0.238 e. The maximum atomic E-state index is 12.1. The monoisotopic (exact) mass is 317 g/mol. The summed E-state index contributed by atoms with van der Waals surface area (Å²) in [5.41, 5.74) is 2.14. The summed E-state index contributed by atoms with van der Waals surface area (Å²) in [5.74, 6) is 0.0504. The van der Waals surface area contributed by atoms with E-state index in [4.69, 9.17) is 4.74 Å². The van der Waals surface area contributed by atoms with Gasteiger partial charge in [-0.1, -0.05) is 12.8 Å². The fourth-order valence-electron chi connectivity index (χ4n) is 3.25. The zero-order chi connectivity index (χ0) is 15.9. The minimum atomic E-state index is 0.0504. The Morgan fingerprint density at radius 2 is 1.61 bits per heavy atom. The molecule has 3 rings (SSSR count). The van der Waals surface area contributed by atoms with Crippen LogP contribution >= 0.6 is 0 Å². The molecule has 2 fully saturated rings. The molecule has 5 heteroatoms. The lowest BCUT2D eigenvalue weighted by molar-refractivity contribution is -0.118. The maximum Gasteiger partial charge on any atom is 0.238 e. The molecule has 0 radical (unpaired) electrons. The zero-order valence-electron chi connectivity index (χ0n) is 13.8. The molecular formula is C18H27N3O2. The number of carbonyl (C=O) groups excluding carboxylic acids is 1. The molecular weight excluding hydrogens is 290 g/mol. The van der Waals surface area contributed by atoms with Gasteiger partial charge in [-0.25, -0.2) is 0 Å². The Labute approximate surface area is 138 Å². The molecule has 0 spiro atoms. The van der Waals surface area contributed by atoms with Gasteiger partial charge in [0, 0.05) is 37.6 Å². The van der Waals surface area contributed by atoms with Crippen molar-refractivity contribution < 1.29 is 9.53 Å². The van der Waals surface area contributed by atoms with Crippen LogP contribution in [0.4, 0.5) is 11.4 Å². The van der Waals surface area contributed by atoms with Crippen LogP contribution in [0.15, 0.2) is 24.3 Å². The number of carbonyl (C=O) groups is 1. The van der Waals surface area contributed by atoms with Crippen LogP contribution in [0.3, 0.4) is 0 Å². The van der Waals surface area contributed by atoms with E-state index in [2.05, 4.69) is 27.2 Å². The summed E-state index contributed by atoms with van der Waals surface area (Å²) >= 11 is 0. The number of morpholine rings is 1. The van der Waals surface area contributed by atoms with Crippen molar-refractivity contribution in [1.82, 2.24) is 4.90 Å². The van der Waals surface area contributed by atoms with E-state index < -0.39 is 0 Å². The van der Waals surface area contributed by atoms with Gasteiger partial charge >= 0.3 is 0 Å². The zero-order valence-corrected chi connectivity index (χ0v) is 13.8. The maximum absolute atomic E-state index is 12.1. The highest BCUT2D eigenvalue weighted by Crippen LogP contribution is 2.21. The van der Waals surface area contributed by atoms with Crippen LogP contribution in [0.1, 0.15) is 25.7 Å². The van der Waals surface area contributed by atoms with Gasteiger partial charge < -0.3 is 15.0 Å². The van der Waals surface area contributed by atoms with Crippen LogP contribution in [0.2, 0.25) is 0 Å². The molecule has 5 nitrogen and oxygen atoms in total. The van der Waals surface area contributed by atoms with Crippen molar-refractivity contribution in [2.75, 3.05) is 56.2 Å². The van der Waals surface area contributed by atoms with E-state index in [-0.39, 0.29) is 5.91 Å². The van der Waals surface area contributed by atoms with Gasteiger partial charge in [0.15, 0.2) is 0 Å². The number of rotatable bonds is 4. The number of hydrogen-bond acceptors (Lipinski definition) is 4. The van der Waals surface area contributed by atoms with Crippen LogP contribution < -0.4 is 10.2 Å². The highest BCUT2D eigenvalue weighted by atomic mass is 16.5. The molecule has 2 aliphatic rings. The number of nitrogens with one attached hydrogen (secondary N) is 1. The Hall–Kier alpha value is -1.59. The molecule has 0 atom stereocenters. The number of hydrogen-bond donors (Lipinski definition) is 1. The Bertz CT molecular complexity index is 489. The third kappa shape index (κ3) is 4.94. The first kappa shape index (κ1) is 16.3. The number of nitrogens with zero attached hydrogens (tertiary/aromatic N) is 2. The van der Waals surface area contributed by atoms with E-state index in [0.717, 1.165) is 45.1 Å². The van der Waals surface area contributed by atoms with E-state index in [9.17, 15) is 4.79 Å². The van der Waals surface area contributed by atoms with Crippen LogP contribution in [0.5, 0.6) is 0 Å². The average Bonchev–Trinajstić information content (AvgIpc) is 2.86. The summed E-state index contributed by atoms with van der Waals surface area (Å²) in [6, 6.07) is 8.26. The Balaban J connectivity index is 1.51. The highest BCUT2D eigenvalue weighted by Gasteiger charge is 2.14. The van der Waals surface area contributed by atoms with Gasteiger partial charge in [0.25, 0.3) is 0 Å². The molecule has 1 aromatic carbocycles. The molecule has 23 heavy (non-hydrogen) atoms. The molecule has 0 saturated carbocycles. The summed E-state index contributed by atoms with van der Waals surface area (Å²) in [6.45, 7) is 5.83. The number of benzene rings is 1. The molecule has 2 saturated heterocycles. The molecule has 2 heterocycles. The fraction of sp³-hybridized carbons (Fsp3) is 0.611. The van der Waals surface area contributed by atoms with Crippen molar-refractivity contribution in [2.24, 2.45) is 0 Å². The van der Waals surface area contributed by atoms with Gasteiger partial charge in [0.2, 0.25) is 5.91 Å². The summed E-state index contributed by atoms with van der Waals surface area (Å²) in [6.07, 6.45) is 5.23. The molecule has 1 amide bonds. The molecule has 0 aliphatic carbocycles. The van der Waals surface area contributed by atoms with Crippen LogP contribution in [-0.2, 0) is 9.53 Å². The van der Waals surface area contributed by atoms with Gasteiger partial charge in [-0.15, -0.1) is 0 Å². The summed E-state index contributed by atoms with van der Waals surface area (Å²) in [5, 5.41) is 2.99. The van der Waals surface area contributed by atoms with Crippen molar-refractivity contribution >= 4 is 17.3 Å². The molecule has 0 aromatic heterocycles. The number of ether oxygens (including phenoxy) is 1. The largest absolute Gasteiger partial charge is 0.379 e. The molecule has 1 aromatic rings. The molecule has 1 N–H and O–H groups in total. The summed E-state index contributed by atoms with van der Waals surface area (Å²) in [4.78, 5) is 16.7. The van der Waals surface area contributed by atoms with Crippen molar-refractivity contribution in [3.8, 4) is 0 Å². The van der Waals surface area contributed by atoms with Crippen LogP contribution in [0, 0.1) is 0 Å². The lowest BCUT2D eigenvalue weighted by Gasteiger charge is -2.26. The topological polar surface area (TPSA) is 44.8 Å². The van der Waals surface area contributed by atoms with Gasteiger partial charge in [0.1, 0.15) is 0 Å². The average molecular weight is 317 g/mol. The first-order chi connectivity index (χ1) is 11.3. The predicted octanol–water partition coefficient (Wildman–Crippen LogP) is 2.34. The first-order valence-electron chi connectivity index (χ1n) is 8.76.